The van der Waals surface area contributed by atoms with E-state index in [9.17, 15) is 8.42 Å². The third-order valence-electron chi connectivity index (χ3n) is 3.60. The molecule has 1 aromatic carbocycles. The van der Waals surface area contributed by atoms with Crippen molar-refractivity contribution >= 4 is 21.6 Å². The summed E-state index contributed by atoms with van der Waals surface area (Å²) in [6.45, 7) is 0.760. The number of rotatable bonds is 5. The van der Waals surface area contributed by atoms with Crippen LogP contribution in [0, 0.1) is 0 Å². The normalized spacial score (nSPS) is 19.9. The fourth-order valence-corrected chi connectivity index (χ4v) is 4.07. The highest BCUT2D eigenvalue weighted by atomic mass is 35.5. The summed E-state index contributed by atoms with van der Waals surface area (Å²) >= 11 is 6.01. The zero-order valence-corrected chi connectivity index (χ0v) is 13.5. The van der Waals surface area contributed by atoms with Crippen LogP contribution in [0.5, 0.6) is 0 Å². The van der Waals surface area contributed by atoms with E-state index in [1.165, 1.54) is 23.5 Å². The molecular weight excluding hydrogens is 314 g/mol. The van der Waals surface area contributed by atoms with Crippen molar-refractivity contribution < 1.29 is 18.3 Å². The number of ether oxygens (including phenoxy) is 1. The lowest BCUT2D eigenvalue weighted by atomic mass is 10.1. The standard InChI is InChI=1S/C14H20ClNO4S/c1-16(9-12-4-2-3-7-20-12)21(18,19)14-8-11(10-17)5-6-13(14)15/h5-6,8,12,17H,2-4,7,9-10H2,1H3. The molecule has 1 atom stereocenters. The Bertz CT molecular complexity index is 585. The van der Waals surface area contributed by atoms with Crippen molar-refractivity contribution in [3.05, 3.63) is 28.8 Å². The summed E-state index contributed by atoms with van der Waals surface area (Å²) in [6.07, 6.45) is 2.87. The van der Waals surface area contributed by atoms with Gasteiger partial charge in [-0.1, -0.05) is 17.7 Å². The summed E-state index contributed by atoms with van der Waals surface area (Å²) in [5.41, 5.74) is 0.514. The smallest absolute Gasteiger partial charge is 0.244 e. The molecule has 0 aromatic heterocycles. The van der Waals surface area contributed by atoms with Crippen molar-refractivity contribution in [2.45, 2.75) is 36.9 Å². The fraction of sp³-hybridized carbons (Fsp3) is 0.571. The van der Waals surface area contributed by atoms with Crippen molar-refractivity contribution in [1.82, 2.24) is 4.31 Å². The van der Waals surface area contributed by atoms with Crippen molar-refractivity contribution in [2.24, 2.45) is 0 Å². The van der Waals surface area contributed by atoms with E-state index < -0.39 is 10.0 Å². The number of likely N-dealkylation sites (N-methyl/N-ethyl adjacent to an activating group) is 1. The summed E-state index contributed by atoms with van der Waals surface area (Å²) in [5.74, 6) is 0. The van der Waals surface area contributed by atoms with Crippen LogP contribution in [-0.4, -0.2) is 44.1 Å². The molecule has 0 aliphatic carbocycles. The van der Waals surface area contributed by atoms with Gasteiger partial charge in [-0.15, -0.1) is 0 Å². The van der Waals surface area contributed by atoms with Crippen LogP contribution in [0.4, 0.5) is 0 Å². The lowest BCUT2D eigenvalue weighted by Gasteiger charge is -2.27. The molecule has 0 bridgehead atoms. The molecule has 2 rings (SSSR count). The van der Waals surface area contributed by atoms with Gasteiger partial charge in [0.25, 0.3) is 0 Å². The minimum Gasteiger partial charge on any atom is -0.392 e. The molecule has 1 unspecified atom stereocenters. The second kappa shape index (κ2) is 7.07. The molecule has 1 fully saturated rings. The van der Waals surface area contributed by atoms with Crippen LogP contribution in [0.25, 0.3) is 0 Å². The number of sulfonamides is 1. The third kappa shape index (κ3) is 3.96. The van der Waals surface area contributed by atoms with Gasteiger partial charge in [0.15, 0.2) is 0 Å². The summed E-state index contributed by atoms with van der Waals surface area (Å²) in [4.78, 5) is 0.0222. The molecule has 5 nitrogen and oxygen atoms in total. The molecule has 1 aliphatic heterocycles. The number of hydrogen-bond acceptors (Lipinski definition) is 4. The van der Waals surface area contributed by atoms with E-state index in [1.54, 1.807) is 6.07 Å². The van der Waals surface area contributed by atoms with Gasteiger partial charge in [0.1, 0.15) is 4.90 Å². The molecule has 7 heteroatoms. The Morgan fingerprint density at radius 1 is 1.43 bits per heavy atom. The van der Waals surface area contributed by atoms with Crippen molar-refractivity contribution in [3.63, 3.8) is 0 Å². The SMILES string of the molecule is CN(CC1CCCCO1)S(=O)(=O)c1cc(CO)ccc1Cl. The Morgan fingerprint density at radius 2 is 2.19 bits per heavy atom. The Balaban J connectivity index is 2.20. The van der Waals surface area contributed by atoms with Gasteiger partial charge in [0.05, 0.1) is 17.7 Å². The first-order valence-electron chi connectivity index (χ1n) is 6.92. The second-order valence-corrected chi connectivity index (χ2v) is 7.62. The van der Waals surface area contributed by atoms with E-state index in [2.05, 4.69) is 0 Å². The van der Waals surface area contributed by atoms with Crippen LogP contribution in [0.3, 0.4) is 0 Å². The maximum atomic E-state index is 12.6. The van der Waals surface area contributed by atoms with Gasteiger partial charge in [-0.25, -0.2) is 8.42 Å². The quantitative estimate of drug-likeness (QED) is 0.895. The van der Waals surface area contributed by atoms with Crippen LogP contribution in [0.2, 0.25) is 5.02 Å². The molecule has 21 heavy (non-hydrogen) atoms. The van der Waals surface area contributed by atoms with Crippen LogP contribution >= 0.6 is 11.6 Å². The number of benzene rings is 1. The number of aliphatic hydroxyl groups excluding tert-OH is 1. The summed E-state index contributed by atoms with van der Waals surface area (Å²) in [5, 5.41) is 9.30. The van der Waals surface area contributed by atoms with E-state index >= 15 is 0 Å². The molecule has 1 aliphatic rings. The molecule has 118 valence electrons. The summed E-state index contributed by atoms with van der Waals surface area (Å²) in [6, 6.07) is 4.51. The van der Waals surface area contributed by atoms with Gasteiger partial charge in [0, 0.05) is 20.2 Å². The zero-order chi connectivity index (χ0) is 15.5. The van der Waals surface area contributed by atoms with Crippen molar-refractivity contribution in [3.8, 4) is 0 Å². The predicted molar refractivity (Wildman–Crippen MR) is 80.8 cm³/mol. The highest BCUT2D eigenvalue weighted by molar-refractivity contribution is 7.89. The summed E-state index contributed by atoms with van der Waals surface area (Å²) < 4.78 is 32.0. The van der Waals surface area contributed by atoms with Gasteiger partial charge in [0.2, 0.25) is 10.0 Å². The van der Waals surface area contributed by atoms with E-state index in [1.807, 2.05) is 0 Å². The molecule has 0 radical (unpaired) electrons. The van der Waals surface area contributed by atoms with E-state index in [0.717, 1.165) is 19.3 Å². The number of halogens is 1. The minimum absolute atomic E-state index is 0.0222. The lowest BCUT2D eigenvalue weighted by molar-refractivity contribution is 0.00858. The molecule has 0 saturated carbocycles. The lowest BCUT2D eigenvalue weighted by Crippen LogP contribution is -2.37. The average molecular weight is 334 g/mol. The molecular formula is C14H20ClNO4S. The van der Waals surface area contributed by atoms with Crippen molar-refractivity contribution in [2.75, 3.05) is 20.2 Å². The van der Waals surface area contributed by atoms with Crippen molar-refractivity contribution in [1.29, 1.82) is 0 Å². The molecule has 0 spiro atoms. The first kappa shape index (κ1) is 16.7. The molecule has 1 heterocycles. The van der Waals surface area contributed by atoms with Gasteiger partial charge < -0.3 is 9.84 Å². The van der Waals surface area contributed by atoms with Crippen LogP contribution < -0.4 is 0 Å². The van der Waals surface area contributed by atoms with E-state index in [-0.39, 0.29) is 22.6 Å². The molecule has 0 amide bonds. The van der Waals surface area contributed by atoms with Gasteiger partial charge in [-0.05, 0) is 37.0 Å². The predicted octanol–water partition coefficient (Wildman–Crippen LogP) is 2.02. The van der Waals surface area contributed by atoms with Gasteiger partial charge in [-0.2, -0.15) is 4.31 Å². The minimum atomic E-state index is -3.69. The van der Waals surface area contributed by atoms with Gasteiger partial charge >= 0.3 is 0 Å². The molecule has 1 aromatic rings. The Hall–Kier alpha value is -0.660. The van der Waals surface area contributed by atoms with E-state index in [0.29, 0.717) is 18.7 Å². The first-order chi connectivity index (χ1) is 9.95. The fourth-order valence-electron chi connectivity index (χ4n) is 2.35. The third-order valence-corrected chi connectivity index (χ3v) is 5.91. The largest absolute Gasteiger partial charge is 0.392 e. The number of nitrogens with zero attached hydrogens (tertiary/aromatic N) is 1. The highest BCUT2D eigenvalue weighted by Gasteiger charge is 2.27. The topological polar surface area (TPSA) is 66.8 Å². The summed E-state index contributed by atoms with van der Waals surface area (Å²) in [7, 11) is -2.17. The van der Waals surface area contributed by atoms with E-state index in [4.69, 9.17) is 21.4 Å². The Morgan fingerprint density at radius 3 is 2.81 bits per heavy atom. The maximum Gasteiger partial charge on any atom is 0.244 e. The van der Waals surface area contributed by atoms with Crippen LogP contribution in [0.15, 0.2) is 23.1 Å². The molecule has 1 saturated heterocycles. The second-order valence-electron chi connectivity index (χ2n) is 5.20. The number of hydrogen-bond donors (Lipinski definition) is 1. The highest BCUT2D eigenvalue weighted by Crippen LogP contribution is 2.26. The molecule has 1 N–H and O–H groups in total. The van der Waals surface area contributed by atoms with Crippen LogP contribution in [0.1, 0.15) is 24.8 Å². The van der Waals surface area contributed by atoms with Crippen LogP contribution in [-0.2, 0) is 21.4 Å². The zero-order valence-electron chi connectivity index (χ0n) is 12.0. The average Bonchev–Trinajstić information content (AvgIpc) is 2.48. The monoisotopic (exact) mass is 333 g/mol. The maximum absolute atomic E-state index is 12.6. The number of aliphatic hydroxyl groups is 1. The Labute approximate surface area is 130 Å². The first-order valence-corrected chi connectivity index (χ1v) is 8.74. The Kier molecular flexibility index (Phi) is 5.62. The van der Waals surface area contributed by atoms with Gasteiger partial charge in [-0.3, -0.25) is 0 Å².